The molecule has 5 aliphatic heterocycles. The standard InChI is InChI=1S/C45H73N5O9/c1-4-26(12-15-48-3)43(56)58-34-21-32-40(55)37-33(54)20-31(23-51)57-42(37)38-39(27-13-16-49-36(47)18-27)45(24-52,29-7-5-9-30(53)19-29)14-6-8-28(44(34,2)59-41(32)38)17-25-10-11-35(46)50-22-25/h4,25,27-32,34-42,48-53,55H,5,7-13,15-24,46-47H2,1-3H3/p+2/t25?,27?,28-,29?,30?,31?,32?,34+,35?,36?,37?,38?,39-,40?,41?,42?,44+,45+/m1/s1. The van der Waals surface area contributed by atoms with Gasteiger partial charge in [-0.2, -0.15) is 0 Å². The lowest BCUT2D eigenvalue weighted by Crippen LogP contribution is -2.95. The average Bonchev–Trinajstić information content (AvgIpc) is 3.22. The Balaban J connectivity index is 1.43. The summed E-state index contributed by atoms with van der Waals surface area (Å²) in [5.74, 6) is 4.31. The van der Waals surface area contributed by atoms with Crippen molar-refractivity contribution >= 4 is 11.8 Å². The molecule has 2 saturated carbocycles. The molecule has 0 amide bonds. The van der Waals surface area contributed by atoms with Crippen LogP contribution in [0.1, 0.15) is 97.3 Å². The van der Waals surface area contributed by atoms with Crippen LogP contribution in [0.4, 0.5) is 0 Å². The zero-order valence-electron chi connectivity index (χ0n) is 35.7. The summed E-state index contributed by atoms with van der Waals surface area (Å²) in [5, 5.41) is 54.0. The Morgan fingerprint density at radius 2 is 1.93 bits per heavy atom. The van der Waals surface area contributed by atoms with Gasteiger partial charge in [0.05, 0.1) is 81.4 Å². The molecular weight excluding hydrogens is 755 g/mol. The number of hydrogen-bond acceptors (Lipinski definition) is 12. The highest BCUT2D eigenvalue weighted by atomic mass is 16.6. The number of aliphatic hydroxyl groups excluding tert-OH is 4. The highest BCUT2D eigenvalue weighted by Crippen LogP contribution is 2.60. The first kappa shape index (κ1) is 45.0. The van der Waals surface area contributed by atoms with Crippen molar-refractivity contribution < 1.29 is 54.9 Å². The fourth-order valence-electron chi connectivity index (χ4n) is 13.0. The van der Waals surface area contributed by atoms with Gasteiger partial charge in [0.2, 0.25) is 0 Å². The van der Waals surface area contributed by atoms with Crippen molar-refractivity contribution in [2.75, 3.05) is 39.9 Å². The monoisotopic (exact) mass is 830 g/mol. The number of carbonyl (C=O) groups is 2. The first-order valence-corrected chi connectivity index (χ1v) is 23.0. The van der Waals surface area contributed by atoms with E-state index in [4.69, 9.17) is 25.7 Å². The van der Waals surface area contributed by atoms with E-state index in [1.807, 2.05) is 25.4 Å². The second-order valence-electron chi connectivity index (χ2n) is 19.6. The van der Waals surface area contributed by atoms with Crippen LogP contribution in [0.15, 0.2) is 11.6 Å². The van der Waals surface area contributed by atoms with E-state index in [1.165, 1.54) is 0 Å². The van der Waals surface area contributed by atoms with E-state index in [0.29, 0.717) is 50.1 Å². The van der Waals surface area contributed by atoms with Crippen molar-refractivity contribution in [3.05, 3.63) is 11.6 Å². The predicted molar refractivity (Wildman–Crippen MR) is 218 cm³/mol. The molecule has 0 spiro atoms. The number of ether oxygens (including phenoxy) is 3. The Labute approximate surface area is 350 Å². The number of allylic oxidation sites excluding steroid dienone is 1. The summed E-state index contributed by atoms with van der Waals surface area (Å²) in [6.45, 7) is 5.55. The maximum Gasteiger partial charge on any atom is 0.334 e. The van der Waals surface area contributed by atoms with Gasteiger partial charge >= 0.3 is 5.97 Å². The van der Waals surface area contributed by atoms with Gasteiger partial charge in [-0.25, -0.2) is 4.79 Å². The first-order chi connectivity index (χ1) is 28.4. The van der Waals surface area contributed by atoms with Crippen molar-refractivity contribution in [3.63, 3.8) is 0 Å². The van der Waals surface area contributed by atoms with E-state index in [9.17, 15) is 30.0 Å². The molecule has 0 aromatic rings. The number of ketones is 1. The highest BCUT2D eigenvalue weighted by Gasteiger charge is 2.67. The number of Topliss-reactive ketones (excluding diaryl/α,β-unsaturated/α-hetero) is 1. The minimum Gasteiger partial charge on any atom is -0.456 e. The van der Waals surface area contributed by atoms with E-state index in [2.05, 4.69) is 29.4 Å². The fourth-order valence-corrected chi connectivity index (χ4v) is 13.0. The third-order valence-corrected chi connectivity index (χ3v) is 16.2. The molecule has 0 aromatic carbocycles. The minimum absolute atomic E-state index is 0.0261. The molecule has 59 heavy (non-hydrogen) atoms. The van der Waals surface area contributed by atoms with E-state index in [0.717, 1.165) is 51.6 Å². The molecule has 14 heteroatoms. The number of piperidine rings is 2. The summed E-state index contributed by atoms with van der Waals surface area (Å²) < 4.78 is 21.2. The van der Waals surface area contributed by atoms with Crippen LogP contribution < -0.4 is 27.4 Å². The van der Waals surface area contributed by atoms with Crippen LogP contribution in [0.25, 0.3) is 0 Å². The van der Waals surface area contributed by atoms with Gasteiger partial charge < -0.3 is 56.3 Å². The van der Waals surface area contributed by atoms with Crippen LogP contribution >= 0.6 is 0 Å². The molecule has 13 unspecified atom stereocenters. The largest absolute Gasteiger partial charge is 0.456 e. The van der Waals surface area contributed by atoms with Crippen molar-refractivity contribution in [3.8, 4) is 11.8 Å². The number of carbonyl (C=O) groups excluding carboxylic acids is 2. The number of esters is 1. The number of hydrogen-bond donors (Lipinski definition) is 9. The van der Waals surface area contributed by atoms with Gasteiger partial charge in [0.25, 0.3) is 0 Å². The second kappa shape index (κ2) is 19.2. The van der Waals surface area contributed by atoms with Crippen LogP contribution in [0, 0.1) is 64.6 Å². The number of nitrogens with one attached hydrogen (secondary N) is 1. The first-order valence-electron chi connectivity index (χ1n) is 23.0. The zero-order valence-corrected chi connectivity index (χ0v) is 35.7. The summed E-state index contributed by atoms with van der Waals surface area (Å²) in [4.78, 5) is 28.5. The molecule has 18 atom stereocenters. The molecule has 4 saturated heterocycles. The minimum atomic E-state index is -1.16. The lowest BCUT2D eigenvalue weighted by atomic mass is 9.48. The second-order valence-corrected chi connectivity index (χ2v) is 19.6. The molecule has 6 fully saturated rings. The molecule has 332 valence electrons. The van der Waals surface area contributed by atoms with Crippen LogP contribution in [-0.2, 0) is 23.8 Å². The number of rotatable bonds is 11. The van der Waals surface area contributed by atoms with Gasteiger partial charge in [0.1, 0.15) is 23.7 Å². The Kier molecular flexibility index (Phi) is 14.6. The third kappa shape index (κ3) is 8.96. The van der Waals surface area contributed by atoms with E-state index in [-0.39, 0.29) is 61.9 Å². The lowest BCUT2D eigenvalue weighted by molar-refractivity contribution is -0.703. The number of quaternary nitrogens is 2. The zero-order chi connectivity index (χ0) is 42.1. The Hall–Kier alpha value is -2.00. The van der Waals surface area contributed by atoms with Gasteiger partial charge in [-0.15, -0.1) is 5.92 Å². The maximum atomic E-state index is 14.4. The summed E-state index contributed by atoms with van der Waals surface area (Å²) in [6.07, 6.45) is 4.76. The van der Waals surface area contributed by atoms with Crippen molar-refractivity contribution in [2.45, 2.75) is 152 Å². The average molecular weight is 830 g/mol. The Morgan fingerprint density at radius 3 is 2.61 bits per heavy atom. The molecule has 2 aliphatic carbocycles. The van der Waals surface area contributed by atoms with Gasteiger partial charge in [-0.3, -0.25) is 10.5 Å². The molecule has 5 heterocycles. The molecule has 13 N–H and O–H groups in total. The molecule has 14 nitrogen and oxygen atoms in total. The molecule has 0 radical (unpaired) electrons. The molecule has 7 rings (SSSR count). The summed E-state index contributed by atoms with van der Waals surface area (Å²) >= 11 is 0. The Morgan fingerprint density at radius 1 is 1.12 bits per heavy atom. The molecule has 7 aliphatic rings. The summed E-state index contributed by atoms with van der Waals surface area (Å²) in [5.41, 5.74) is 11.6. The van der Waals surface area contributed by atoms with Crippen LogP contribution in [0.3, 0.4) is 0 Å². The van der Waals surface area contributed by atoms with Crippen molar-refractivity contribution in [1.82, 2.24) is 5.32 Å². The SMILES string of the molecule is CC=C(CC[NH2+]C)C(=O)O[C@H]1CC2C(O)C3C(=O)CC(CO)OC3C3C2O[C@@]1(C)[C@@H](CC1CCC(N)[NH2+]C1)CC#C[C@](CO)(C1CCCC(O)C1)[C@@H]3C1CCNC(N)C1. The third-order valence-electron chi connectivity index (χ3n) is 16.2. The van der Waals surface area contributed by atoms with Gasteiger partial charge in [-0.05, 0) is 89.5 Å². The lowest BCUT2D eigenvalue weighted by Gasteiger charge is -2.63. The summed E-state index contributed by atoms with van der Waals surface area (Å²) in [7, 11) is 1.97. The molecular formula is C45H75N5O9+2. The number of nitrogens with two attached hydrogens (primary N) is 4. The van der Waals surface area contributed by atoms with Crippen LogP contribution in [-0.4, -0.2) is 127 Å². The molecule has 2 bridgehead atoms. The molecule has 0 aromatic heterocycles. The topological polar surface area (TPSA) is 240 Å². The quantitative estimate of drug-likeness (QED) is 0.0694. The van der Waals surface area contributed by atoms with E-state index >= 15 is 0 Å². The normalized spacial score (nSPS) is 46.7. The van der Waals surface area contributed by atoms with Gasteiger partial charge in [0.15, 0.2) is 0 Å². The smallest absolute Gasteiger partial charge is 0.334 e. The van der Waals surface area contributed by atoms with Crippen molar-refractivity contribution in [2.24, 2.45) is 64.2 Å². The fraction of sp³-hybridized carbons (Fsp3) is 0.867. The van der Waals surface area contributed by atoms with Crippen molar-refractivity contribution in [1.29, 1.82) is 0 Å². The number of fused-ring (bicyclic) bond motifs is 3. The number of aliphatic hydroxyl groups is 4. The Bertz CT molecular complexity index is 1560. The van der Waals surface area contributed by atoms with E-state index in [1.54, 1.807) is 0 Å². The van der Waals surface area contributed by atoms with Crippen LogP contribution in [0.5, 0.6) is 0 Å². The highest BCUT2D eigenvalue weighted by molar-refractivity contribution is 5.88. The van der Waals surface area contributed by atoms with Gasteiger partial charge in [0, 0.05) is 54.9 Å². The predicted octanol–water partition coefficient (Wildman–Crippen LogP) is -0.981. The van der Waals surface area contributed by atoms with E-state index < -0.39 is 77.3 Å². The maximum absolute atomic E-state index is 14.4. The van der Waals surface area contributed by atoms with Gasteiger partial charge in [-0.1, -0.05) is 18.4 Å². The summed E-state index contributed by atoms with van der Waals surface area (Å²) in [6, 6.07) is 0. The van der Waals surface area contributed by atoms with Crippen LogP contribution in [0.2, 0.25) is 0 Å².